The summed E-state index contributed by atoms with van der Waals surface area (Å²) in [7, 11) is 1.70. The maximum absolute atomic E-state index is 12.3. The van der Waals surface area contributed by atoms with E-state index in [0.717, 1.165) is 11.3 Å². The lowest BCUT2D eigenvalue weighted by molar-refractivity contribution is 0.0992. The molecule has 1 heterocycles. The van der Waals surface area contributed by atoms with Crippen molar-refractivity contribution in [3.8, 4) is 0 Å². The Labute approximate surface area is 112 Å². The van der Waals surface area contributed by atoms with Crippen LogP contribution in [0, 0.1) is 6.92 Å². The van der Waals surface area contributed by atoms with Crippen molar-refractivity contribution in [2.24, 2.45) is 5.84 Å². The fraction of sp³-hybridized carbons (Fsp3) is 0.143. The number of benzene rings is 1. The highest BCUT2D eigenvalue weighted by atomic mass is 16.2. The van der Waals surface area contributed by atoms with Gasteiger partial charge in [0.05, 0.1) is 5.69 Å². The molecule has 1 aromatic carbocycles. The topological polar surface area (TPSA) is 71.2 Å². The zero-order valence-electron chi connectivity index (χ0n) is 10.9. The van der Waals surface area contributed by atoms with Gasteiger partial charge in [-0.05, 0) is 42.8 Å². The van der Waals surface area contributed by atoms with E-state index in [-0.39, 0.29) is 5.91 Å². The Morgan fingerprint density at radius 2 is 2.11 bits per heavy atom. The van der Waals surface area contributed by atoms with Crippen molar-refractivity contribution in [3.63, 3.8) is 0 Å². The largest absolute Gasteiger partial charge is 0.324 e. The summed E-state index contributed by atoms with van der Waals surface area (Å²) in [5, 5.41) is 0. The van der Waals surface area contributed by atoms with Crippen LogP contribution in [0.4, 0.5) is 11.5 Å². The van der Waals surface area contributed by atoms with Crippen molar-refractivity contribution < 1.29 is 4.79 Å². The van der Waals surface area contributed by atoms with Crippen molar-refractivity contribution in [1.29, 1.82) is 0 Å². The summed E-state index contributed by atoms with van der Waals surface area (Å²) in [5.41, 5.74) is 4.91. The highest BCUT2D eigenvalue weighted by Crippen LogP contribution is 2.18. The third-order valence-electron chi connectivity index (χ3n) is 2.93. The number of hydrazine groups is 1. The Bertz CT molecular complexity index is 583. The molecule has 0 aliphatic rings. The van der Waals surface area contributed by atoms with E-state index in [1.165, 1.54) is 4.90 Å². The quantitative estimate of drug-likeness (QED) is 0.650. The Balaban J connectivity index is 2.27. The summed E-state index contributed by atoms with van der Waals surface area (Å²) >= 11 is 0. The first kappa shape index (κ1) is 13.0. The first-order valence-corrected chi connectivity index (χ1v) is 5.90. The van der Waals surface area contributed by atoms with E-state index >= 15 is 0 Å². The van der Waals surface area contributed by atoms with Crippen molar-refractivity contribution in [2.45, 2.75) is 6.92 Å². The van der Waals surface area contributed by atoms with E-state index in [0.29, 0.717) is 11.4 Å². The van der Waals surface area contributed by atoms with Crippen LogP contribution in [0.15, 0.2) is 42.6 Å². The highest BCUT2D eigenvalue weighted by Gasteiger charge is 2.14. The zero-order chi connectivity index (χ0) is 13.8. The minimum atomic E-state index is -0.106. The first-order valence-electron chi connectivity index (χ1n) is 5.90. The Morgan fingerprint density at radius 3 is 2.68 bits per heavy atom. The monoisotopic (exact) mass is 256 g/mol. The number of nitrogens with two attached hydrogens (primary N) is 1. The second kappa shape index (κ2) is 5.49. The average Bonchev–Trinajstić information content (AvgIpc) is 2.46. The van der Waals surface area contributed by atoms with Crippen LogP contribution in [0.1, 0.15) is 15.9 Å². The molecule has 0 saturated carbocycles. The minimum absolute atomic E-state index is 0.106. The molecule has 0 saturated heterocycles. The smallest absolute Gasteiger partial charge is 0.259 e. The molecule has 1 amide bonds. The second-order valence-electron chi connectivity index (χ2n) is 4.23. The Kier molecular flexibility index (Phi) is 3.77. The van der Waals surface area contributed by atoms with Crippen LogP contribution in [-0.2, 0) is 0 Å². The van der Waals surface area contributed by atoms with Gasteiger partial charge in [-0.1, -0.05) is 6.07 Å². The van der Waals surface area contributed by atoms with Gasteiger partial charge in [0.15, 0.2) is 0 Å². The number of anilines is 2. The molecular formula is C14H16N4O. The summed E-state index contributed by atoms with van der Waals surface area (Å²) in [5.74, 6) is 5.88. The molecule has 0 bridgehead atoms. The molecule has 0 radical (unpaired) electrons. The number of nitrogen functional groups attached to an aromatic ring is 1. The number of nitrogens with one attached hydrogen (secondary N) is 1. The van der Waals surface area contributed by atoms with Crippen molar-refractivity contribution in [1.82, 2.24) is 4.98 Å². The molecule has 5 nitrogen and oxygen atoms in total. The number of aryl methyl sites for hydroxylation is 1. The van der Waals surface area contributed by atoms with Gasteiger partial charge in [-0.2, -0.15) is 0 Å². The lowest BCUT2D eigenvalue weighted by atomic mass is 10.1. The van der Waals surface area contributed by atoms with E-state index in [1.54, 1.807) is 37.5 Å². The summed E-state index contributed by atoms with van der Waals surface area (Å²) in [6, 6.07) is 10.8. The highest BCUT2D eigenvalue weighted by molar-refractivity contribution is 6.05. The number of pyridine rings is 1. The first-order chi connectivity index (χ1) is 9.13. The number of carbonyl (C=O) groups excluding carboxylic acids is 1. The van der Waals surface area contributed by atoms with E-state index in [1.807, 2.05) is 19.1 Å². The van der Waals surface area contributed by atoms with Gasteiger partial charge in [-0.25, -0.2) is 4.98 Å². The zero-order valence-corrected chi connectivity index (χ0v) is 10.9. The van der Waals surface area contributed by atoms with E-state index in [4.69, 9.17) is 5.84 Å². The summed E-state index contributed by atoms with van der Waals surface area (Å²) in [6.07, 6.45) is 1.66. The van der Waals surface area contributed by atoms with Gasteiger partial charge >= 0.3 is 0 Å². The van der Waals surface area contributed by atoms with Gasteiger partial charge in [-0.3, -0.25) is 15.5 Å². The molecule has 5 heteroatoms. The van der Waals surface area contributed by atoms with Gasteiger partial charge < -0.3 is 5.43 Å². The number of nitrogens with zero attached hydrogens (tertiary/aromatic N) is 2. The molecule has 98 valence electrons. The molecule has 19 heavy (non-hydrogen) atoms. The van der Waals surface area contributed by atoms with E-state index < -0.39 is 0 Å². The predicted molar refractivity (Wildman–Crippen MR) is 76.0 cm³/mol. The van der Waals surface area contributed by atoms with Crippen LogP contribution in [0.25, 0.3) is 0 Å². The SMILES string of the molecule is Cc1cc(C(=O)N(C)c2ccccn2)ccc1NN. The Morgan fingerprint density at radius 1 is 1.32 bits per heavy atom. The number of hydrogen-bond donors (Lipinski definition) is 2. The van der Waals surface area contributed by atoms with Crippen LogP contribution in [-0.4, -0.2) is 17.9 Å². The molecule has 0 atom stereocenters. The number of amides is 1. The van der Waals surface area contributed by atoms with Gasteiger partial charge in [0.25, 0.3) is 5.91 Å². The summed E-state index contributed by atoms with van der Waals surface area (Å²) in [4.78, 5) is 18.0. The molecule has 0 aliphatic carbocycles. The van der Waals surface area contributed by atoms with Crippen molar-refractivity contribution in [2.75, 3.05) is 17.4 Å². The number of rotatable bonds is 3. The van der Waals surface area contributed by atoms with Crippen LogP contribution >= 0.6 is 0 Å². The predicted octanol–water partition coefficient (Wildman–Crippen LogP) is 1.95. The van der Waals surface area contributed by atoms with Crippen LogP contribution < -0.4 is 16.2 Å². The molecule has 0 unspecified atom stereocenters. The van der Waals surface area contributed by atoms with E-state index in [9.17, 15) is 4.79 Å². The van der Waals surface area contributed by atoms with Crippen LogP contribution in [0.5, 0.6) is 0 Å². The summed E-state index contributed by atoms with van der Waals surface area (Å²) in [6.45, 7) is 1.90. The lowest BCUT2D eigenvalue weighted by Crippen LogP contribution is -2.27. The molecule has 2 aromatic rings. The fourth-order valence-electron chi connectivity index (χ4n) is 1.81. The maximum Gasteiger partial charge on any atom is 0.259 e. The molecule has 0 fully saturated rings. The minimum Gasteiger partial charge on any atom is -0.324 e. The second-order valence-corrected chi connectivity index (χ2v) is 4.23. The standard InChI is InChI=1S/C14H16N4O/c1-10-9-11(6-7-12(10)17-15)14(19)18(2)13-5-3-4-8-16-13/h3-9,17H,15H2,1-2H3. The van der Waals surface area contributed by atoms with Crippen molar-refractivity contribution >= 4 is 17.4 Å². The van der Waals surface area contributed by atoms with Crippen LogP contribution in [0.2, 0.25) is 0 Å². The number of aromatic nitrogens is 1. The third kappa shape index (κ3) is 2.71. The van der Waals surface area contributed by atoms with Gasteiger partial charge in [0, 0.05) is 18.8 Å². The number of hydrogen-bond acceptors (Lipinski definition) is 4. The average molecular weight is 256 g/mol. The Hall–Kier alpha value is -2.40. The van der Waals surface area contributed by atoms with Gasteiger partial charge in [0.2, 0.25) is 0 Å². The van der Waals surface area contributed by atoms with Gasteiger partial charge in [0.1, 0.15) is 5.82 Å². The molecule has 1 aromatic heterocycles. The van der Waals surface area contributed by atoms with Gasteiger partial charge in [-0.15, -0.1) is 0 Å². The van der Waals surface area contributed by atoms with Crippen LogP contribution in [0.3, 0.4) is 0 Å². The molecular weight excluding hydrogens is 240 g/mol. The van der Waals surface area contributed by atoms with E-state index in [2.05, 4.69) is 10.4 Å². The summed E-state index contributed by atoms with van der Waals surface area (Å²) < 4.78 is 0. The fourth-order valence-corrected chi connectivity index (χ4v) is 1.81. The number of carbonyl (C=O) groups is 1. The molecule has 0 spiro atoms. The third-order valence-corrected chi connectivity index (χ3v) is 2.93. The maximum atomic E-state index is 12.3. The lowest BCUT2D eigenvalue weighted by Gasteiger charge is -2.16. The van der Waals surface area contributed by atoms with Crippen molar-refractivity contribution in [3.05, 3.63) is 53.7 Å². The molecule has 3 N–H and O–H groups in total. The molecule has 0 aliphatic heterocycles. The normalized spacial score (nSPS) is 10.1. The molecule has 2 rings (SSSR count).